The number of nitrogens with one attached hydrogen (secondary N) is 2. The van der Waals surface area contributed by atoms with Crippen LogP contribution in [0.1, 0.15) is 33.1 Å². The Hall–Kier alpha value is -1.10. The van der Waals surface area contributed by atoms with E-state index in [1.54, 1.807) is 0 Å². The second-order valence-corrected chi connectivity index (χ2v) is 5.13. The molecule has 2 aliphatic rings. The van der Waals surface area contributed by atoms with E-state index in [-0.39, 0.29) is 17.9 Å². The third kappa shape index (κ3) is 2.04. The van der Waals surface area contributed by atoms with Gasteiger partial charge in [0.2, 0.25) is 0 Å². The molecule has 96 valence electrons. The van der Waals surface area contributed by atoms with Gasteiger partial charge < -0.3 is 10.6 Å². The maximum absolute atomic E-state index is 12.3. The second kappa shape index (κ2) is 4.64. The molecule has 0 radical (unpaired) electrons. The van der Waals surface area contributed by atoms with Crippen LogP contribution in [0, 0.1) is 5.92 Å². The van der Waals surface area contributed by atoms with Crippen molar-refractivity contribution in [1.82, 2.24) is 15.5 Å². The Labute approximate surface area is 102 Å². The number of nitrogens with zero attached hydrogens (tertiary/aromatic N) is 1. The Balaban J connectivity index is 2.15. The predicted molar refractivity (Wildman–Crippen MR) is 64.5 cm³/mol. The summed E-state index contributed by atoms with van der Waals surface area (Å²) >= 11 is 0. The first-order chi connectivity index (χ1) is 8.09. The van der Waals surface area contributed by atoms with E-state index in [2.05, 4.69) is 10.6 Å². The van der Waals surface area contributed by atoms with Crippen molar-refractivity contribution in [2.24, 2.45) is 5.92 Å². The van der Waals surface area contributed by atoms with E-state index in [0.29, 0.717) is 6.54 Å². The van der Waals surface area contributed by atoms with Gasteiger partial charge in [0, 0.05) is 19.0 Å². The quantitative estimate of drug-likeness (QED) is 0.713. The summed E-state index contributed by atoms with van der Waals surface area (Å²) < 4.78 is 0. The maximum Gasteiger partial charge on any atom is 0.325 e. The summed E-state index contributed by atoms with van der Waals surface area (Å²) in [5.74, 6) is 0.146. The lowest BCUT2D eigenvalue weighted by atomic mass is 9.80. The van der Waals surface area contributed by atoms with Gasteiger partial charge >= 0.3 is 6.03 Å². The van der Waals surface area contributed by atoms with E-state index < -0.39 is 5.54 Å². The third-order valence-corrected chi connectivity index (χ3v) is 3.86. The number of imide groups is 1. The number of rotatable bonds is 3. The van der Waals surface area contributed by atoms with E-state index in [0.717, 1.165) is 32.4 Å². The van der Waals surface area contributed by atoms with E-state index >= 15 is 0 Å². The number of carbonyl (C=O) groups is 2. The molecule has 0 aromatic heterocycles. The maximum atomic E-state index is 12.3. The number of amides is 3. The zero-order valence-corrected chi connectivity index (χ0v) is 10.6. The molecule has 5 nitrogen and oxygen atoms in total. The largest absolute Gasteiger partial charge is 0.325 e. The van der Waals surface area contributed by atoms with Crippen molar-refractivity contribution in [3.05, 3.63) is 0 Å². The monoisotopic (exact) mass is 239 g/mol. The number of hydrogen-bond donors (Lipinski definition) is 2. The average molecular weight is 239 g/mol. The van der Waals surface area contributed by atoms with Crippen LogP contribution in [0.2, 0.25) is 0 Å². The van der Waals surface area contributed by atoms with Crippen molar-refractivity contribution in [3.8, 4) is 0 Å². The first kappa shape index (κ1) is 12.4. The standard InChI is InChI=1S/C12H21N3O2/c1-3-7-15-10(16)12(2,14-11(15)17)9-5-4-6-13-8-9/h9,13H,3-8H2,1-2H3,(H,14,17). The molecular weight excluding hydrogens is 218 g/mol. The summed E-state index contributed by atoms with van der Waals surface area (Å²) in [6.45, 7) is 6.16. The minimum absolute atomic E-state index is 0.0574. The van der Waals surface area contributed by atoms with Gasteiger partial charge in [-0.1, -0.05) is 6.92 Å². The molecule has 5 heteroatoms. The summed E-state index contributed by atoms with van der Waals surface area (Å²) in [6.07, 6.45) is 2.87. The number of urea groups is 1. The van der Waals surface area contributed by atoms with Crippen LogP contribution < -0.4 is 10.6 Å². The van der Waals surface area contributed by atoms with E-state index in [9.17, 15) is 9.59 Å². The minimum atomic E-state index is -0.709. The third-order valence-electron chi connectivity index (χ3n) is 3.86. The molecule has 0 bridgehead atoms. The Bertz CT molecular complexity index is 326. The molecule has 2 aliphatic heterocycles. The molecule has 2 N–H and O–H groups in total. The Morgan fingerprint density at radius 2 is 2.24 bits per heavy atom. The molecule has 2 heterocycles. The van der Waals surface area contributed by atoms with Crippen molar-refractivity contribution in [2.45, 2.75) is 38.6 Å². The highest BCUT2D eigenvalue weighted by Gasteiger charge is 2.51. The van der Waals surface area contributed by atoms with E-state index in [1.165, 1.54) is 4.90 Å². The first-order valence-corrected chi connectivity index (χ1v) is 6.44. The number of carbonyl (C=O) groups excluding carboxylic acids is 2. The fourth-order valence-electron chi connectivity index (χ4n) is 2.76. The summed E-state index contributed by atoms with van der Waals surface area (Å²) in [5, 5.41) is 6.18. The lowest BCUT2D eigenvalue weighted by Gasteiger charge is -2.34. The van der Waals surface area contributed by atoms with Crippen LogP contribution in [0.25, 0.3) is 0 Å². The molecule has 0 saturated carbocycles. The smallest absolute Gasteiger partial charge is 0.323 e. The minimum Gasteiger partial charge on any atom is -0.323 e. The van der Waals surface area contributed by atoms with Gasteiger partial charge in [-0.25, -0.2) is 4.79 Å². The zero-order chi connectivity index (χ0) is 12.5. The van der Waals surface area contributed by atoms with Gasteiger partial charge in [0.1, 0.15) is 5.54 Å². The number of piperidine rings is 1. The SMILES string of the molecule is CCCN1C(=O)NC(C)(C2CCCNC2)C1=O. The number of hydrogen-bond acceptors (Lipinski definition) is 3. The molecule has 2 atom stereocenters. The van der Waals surface area contributed by atoms with Gasteiger partial charge in [0.05, 0.1) is 0 Å². The van der Waals surface area contributed by atoms with Crippen LogP contribution in [-0.4, -0.2) is 42.0 Å². The van der Waals surface area contributed by atoms with Gasteiger partial charge in [-0.05, 0) is 32.7 Å². The molecule has 2 unspecified atom stereocenters. The van der Waals surface area contributed by atoms with E-state index in [1.807, 2.05) is 13.8 Å². The zero-order valence-electron chi connectivity index (χ0n) is 10.6. The molecule has 17 heavy (non-hydrogen) atoms. The van der Waals surface area contributed by atoms with Gasteiger partial charge in [-0.2, -0.15) is 0 Å². The van der Waals surface area contributed by atoms with Crippen LogP contribution in [0.15, 0.2) is 0 Å². The second-order valence-electron chi connectivity index (χ2n) is 5.13. The van der Waals surface area contributed by atoms with Crippen molar-refractivity contribution in [3.63, 3.8) is 0 Å². The normalized spacial score (nSPS) is 34.0. The molecule has 2 rings (SSSR count). The molecule has 2 fully saturated rings. The summed E-state index contributed by atoms with van der Waals surface area (Å²) in [7, 11) is 0. The Kier molecular flexibility index (Phi) is 3.38. The van der Waals surface area contributed by atoms with Crippen LogP contribution in [0.4, 0.5) is 4.79 Å². The molecule has 3 amide bonds. The van der Waals surface area contributed by atoms with Crippen molar-refractivity contribution in [1.29, 1.82) is 0 Å². The summed E-state index contributed by atoms with van der Waals surface area (Å²) in [6, 6.07) is -0.232. The molecular formula is C12H21N3O2. The summed E-state index contributed by atoms with van der Waals surface area (Å²) in [5.41, 5.74) is -0.709. The van der Waals surface area contributed by atoms with E-state index in [4.69, 9.17) is 0 Å². The lowest BCUT2D eigenvalue weighted by molar-refractivity contribution is -0.132. The fraction of sp³-hybridized carbons (Fsp3) is 0.833. The highest BCUT2D eigenvalue weighted by molar-refractivity contribution is 6.07. The highest BCUT2D eigenvalue weighted by atomic mass is 16.2. The van der Waals surface area contributed by atoms with Crippen LogP contribution in [0.3, 0.4) is 0 Å². The van der Waals surface area contributed by atoms with Crippen LogP contribution >= 0.6 is 0 Å². The average Bonchev–Trinajstić information content (AvgIpc) is 2.56. The molecule has 2 saturated heterocycles. The van der Waals surface area contributed by atoms with Gasteiger partial charge in [0.15, 0.2) is 0 Å². The Morgan fingerprint density at radius 3 is 2.82 bits per heavy atom. The van der Waals surface area contributed by atoms with Crippen molar-refractivity contribution in [2.75, 3.05) is 19.6 Å². The molecule has 0 aliphatic carbocycles. The molecule has 0 spiro atoms. The van der Waals surface area contributed by atoms with Crippen LogP contribution in [0.5, 0.6) is 0 Å². The first-order valence-electron chi connectivity index (χ1n) is 6.44. The predicted octanol–water partition coefficient (Wildman–Crippen LogP) is 0.706. The molecule has 0 aromatic carbocycles. The summed E-state index contributed by atoms with van der Waals surface area (Å²) in [4.78, 5) is 25.5. The van der Waals surface area contributed by atoms with Crippen molar-refractivity contribution < 1.29 is 9.59 Å². The van der Waals surface area contributed by atoms with Gasteiger partial charge in [-0.15, -0.1) is 0 Å². The van der Waals surface area contributed by atoms with Gasteiger partial charge in [0.25, 0.3) is 5.91 Å². The highest BCUT2D eigenvalue weighted by Crippen LogP contribution is 2.30. The van der Waals surface area contributed by atoms with Gasteiger partial charge in [-0.3, -0.25) is 9.69 Å². The lowest BCUT2D eigenvalue weighted by Crippen LogP contribution is -2.55. The topological polar surface area (TPSA) is 61.4 Å². The fourth-order valence-corrected chi connectivity index (χ4v) is 2.76. The van der Waals surface area contributed by atoms with Crippen LogP contribution in [-0.2, 0) is 4.79 Å². The molecule has 0 aromatic rings. The Morgan fingerprint density at radius 1 is 1.47 bits per heavy atom. The van der Waals surface area contributed by atoms with Crippen molar-refractivity contribution >= 4 is 11.9 Å².